The van der Waals surface area contributed by atoms with Crippen molar-refractivity contribution in [3.8, 4) is 5.75 Å². The summed E-state index contributed by atoms with van der Waals surface area (Å²) in [6.45, 7) is 0. The second kappa shape index (κ2) is 6.75. The SMILES string of the molecule is O=C(Oc1ccccc1C(=O)Cc1ccccc1)c1ccco1. The molecule has 0 spiro atoms. The summed E-state index contributed by atoms with van der Waals surface area (Å²) in [6.07, 6.45) is 1.64. The molecule has 23 heavy (non-hydrogen) atoms. The van der Waals surface area contributed by atoms with Gasteiger partial charge in [-0.2, -0.15) is 0 Å². The fourth-order valence-corrected chi connectivity index (χ4v) is 2.21. The molecule has 4 heteroatoms. The van der Waals surface area contributed by atoms with Gasteiger partial charge in [0.05, 0.1) is 11.8 Å². The maximum absolute atomic E-state index is 12.5. The van der Waals surface area contributed by atoms with Crippen LogP contribution < -0.4 is 4.74 Å². The zero-order valence-electron chi connectivity index (χ0n) is 12.3. The van der Waals surface area contributed by atoms with Crippen molar-refractivity contribution in [1.29, 1.82) is 0 Å². The van der Waals surface area contributed by atoms with E-state index in [9.17, 15) is 9.59 Å². The molecule has 2 aromatic carbocycles. The Hall–Kier alpha value is -3.14. The van der Waals surface area contributed by atoms with Gasteiger partial charge in [-0.1, -0.05) is 42.5 Å². The van der Waals surface area contributed by atoms with Crippen molar-refractivity contribution in [2.75, 3.05) is 0 Å². The van der Waals surface area contributed by atoms with Gasteiger partial charge in [-0.3, -0.25) is 4.79 Å². The number of esters is 1. The molecule has 0 saturated heterocycles. The van der Waals surface area contributed by atoms with Crippen LogP contribution in [0.15, 0.2) is 77.4 Å². The van der Waals surface area contributed by atoms with Crippen LogP contribution in [0.5, 0.6) is 5.75 Å². The lowest BCUT2D eigenvalue weighted by atomic mass is 10.0. The zero-order valence-corrected chi connectivity index (χ0v) is 12.3. The average molecular weight is 306 g/mol. The van der Waals surface area contributed by atoms with Gasteiger partial charge in [-0.15, -0.1) is 0 Å². The summed E-state index contributed by atoms with van der Waals surface area (Å²) < 4.78 is 10.3. The van der Waals surface area contributed by atoms with E-state index < -0.39 is 5.97 Å². The quantitative estimate of drug-likeness (QED) is 0.407. The summed E-state index contributed by atoms with van der Waals surface area (Å²) in [5, 5.41) is 0. The zero-order chi connectivity index (χ0) is 16.1. The minimum atomic E-state index is -0.630. The molecule has 0 aliphatic carbocycles. The number of para-hydroxylation sites is 1. The number of rotatable bonds is 5. The number of ether oxygens (including phenoxy) is 1. The highest BCUT2D eigenvalue weighted by atomic mass is 16.5. The van der Waals surface area contributed by atoms with Crippen LogP contribution in [0.1, 0.15) is 26.5 Å². The van der Waals surface area contributed by atoms with Gasteiger partial charge in [-0.05, 0) is 29.8 Å². The van der Waals surface area contributed by atoms with Crippen molar-refractivity contribution in [3.05, 3.63) is 89.9 Å². The van der Waals surface area contributed by atoms with Crippen LogP contribution in [0, 0.1) is 0 Å². The predicted molar refractivity (Wildman–Crippen MR) is 84.6 cm³/mol. The van der Waals surface area contributed by atoms with E-state index in [0.717, 1.165) is 5.56 Å². The highest BCUT2D eigenvalue weighted by Crippen LogP contribution is 2.21. The molecule has 114 valence electrons. The van der Waals surface area contributed by atoms with Gasteiger partial charge in [0.15, 0.2) is 5.78 Å². The van der Waals surface area contributed by atoms with Crippen molar-refractivity contribution in [3.63, 3.8) is 0 Å². The van der Waals surface area contributed by atoms with E-state index in [1.165, 1.54) is 12.3 Å². The van der Waals surface area contributed by atoms with E-state index in [-0.39, 0.29) is 23.7 Å². The van der Waals surface area contributed by atoms with E-state index in [2.05, 4.69) is 0 Å². The molecule has 3 rings (SSSR count). The van der Waals surface area contributed by atoms with Crippen molar-refractivity contribution in [2.24, 2.45) is 0 Å². The minimum absolute atomic E-state index is 0.0929. The van der Waals surface area contributed by atoms with Crippen molar-refractivity contribution >= 4 is 11.8 Å². The van der Waals surface area contributed by atoms with Crippen LogP contribution in [0.2, 0.25) is 0 Å². The molecule has 0 fully saturated rings. The molecule has 0 aliphatic heterocycles. The maximum atomic E-state index is 12.5. The van der Waals surface area contributed by atoms with Gasteiger partial charge >= 0.3 is 5.97 Å². The lowest BCUT2D eigenvalue weighted by Crippen LogP contribution is -2.12. The Morgan fingerprint density at radius 1 is 0.870 bits per heavy atom. The van der Waals surface area contributed by atoms with E-state index in [4.69, 9.17) is 9.15 Å². The Morgan fingerprint density at radius 3 is 2.35 bits per heavy atom. The number of hydrogen-bond donors (Lipinski definition) is 0. The van der Waals surface area contributed by atoms with Crippen LogP contribution in [0.3, 0.4) is 0 Å². The summed E-state index contributed by atoms with van der Waals surface area (Å²) in [4.78, 5) is 24.5. The Labute approximate surface area is 133 Å². The van der Waals surface area contributed by atoms with E-state index in [1.54, 1.807) is 30.3 Å². The summed E-state index contributed by atoms with van der Waals surface area (Å²) in [5.41, 5.74) is 1.28. The largest absolute Gasteiger partial charge is 0.457 e. The third-order valence-electron chi connectivity index (χ3n) is 3.32. The van der Waals surface area contributed by atoms with Crippen LogP contribution in [0.4, 0.5) is 0 Å². The minimum Gasteiger partial charge on any atom is -0.457 e. The fraction of sp³-hybridized carbons (Fsp3) is 0.0526. The smallest absolute Gasteiger partial charge is 0.379 e. The number of hydrogen-bond acceptors (Lipinski definition) is 4. The lowest BCUT2D eigenvalue weighted by molar-refractivity contribution is 0.0699. The summed E-state index contributed by atoms with van der Waals surface area (Å²) in [5.74, 6) is -0.417. The number of ketones is 1. The van der Waals surface area contributed by atoms with Gasteiger partial charge in [0, 0.05) is 6.42 Å². The molecule has 0 saturated carbocycles. The first-order valence-corrected chi connectivity index (χ1v) is 7.16. The summed E-state index contributed by atoms with van der Waals surface area (Å²) in [7, 11) is 0. The topological polar surface area (TPSA) is 56.5 Å². The second-order valence-electron chi connectivity index (χ2n) is 4.95. The first-order valence-electron chi connectivity index (χ1n) is 7.16. The Balaban J connectivity index is 1.80. The number of furan rings is 1. The fourth-order valence-electron chi connectivity index (χ4n) is 2.21. The van der Waals surface area contributed by atoms with Crippen LogP contribution in [-0.2, 0) is 6.42 Å². The first-order chi connectivity index (χ1) is 11.2. The molecule has 0 N–H and O–H groups in total. The molecule has 0 radical (unpaired) electrons. The Bertz CT molecular complexity index is 804. The maximum Gasteiger partial charge on any atom is 0.379 e. The Kier molecular flexibility index (Phi) is 4.34. The molecule has 0 bridgehead atoms. The standard InChI is InChI=1S/C19H14O4/c20-16(13-14-7-2-1-3-8-14)15-9-4-5-10-17(15)23-19(21)18-11-6-12-22-18/h1-12H,13H2. The third-order valence-corrected chi connectivity index (χ3v) is 3.32. The van der Waals surface area contributed by atoms with Crippen molar-refractivity contribution < 1.29 is 18.7 Å². The molecule has 0 amide bonds. The normalized spacial score (nSPS) is 10.3. The third kappa shape index (κ3) is 3.55. The number of carbonyl (C=O) groups is 2. The number of carbonyl (C=O) groups excluding carboxylic acids is 2. The number of Topliss-reactive ketones (excluding diaryl/α,β-unsaturated/α-hetero) is 1. The summed E-state index contributed by atoms with van der Waals surface area (Å²) >= 11 is 0. The van der Waals surface area contributed by atoms with Gasteiger partial charge in [0.1, 0.15) is 5.75 Å². The van der Waals surface area contributed by atoms with Gasteiger partial charge in [0.2, 0.25) is 5.76 Å². The molecule has 4 nitrogen and oxygen atoms in total. The first kappa shape index (κ1) is 14.8. The van der Waals surface area contributed by atoms with E-state index >= 15 is 0 Å². The highest BCUT2D eigenvalue weighted by molar-refractivity contribution is 6.01. The molecule has 1 heterocycles. The van der Waals surface area contributed by atoms with Crippen molar-refractivity contribution in [2.45, 2.75) is 6.42 Å². The number of benzene rings is 2. The molecule has 0 aliphatic rings. The molecule has 3 aromatic rings. The molecular formula is C19H14O4. The van der Waals surface area contributed by atoms with E-state index in [0.29, 0.717) is 5.56 Å². The van der Waals surface area contributed by atoms with Gasteiger partial charge in [0.25, 0.3) is 0 Å². The highest BCUT2D eigenvalue weighted by Gasteiger charge is 2.17. The van der Waals surface area contributed by atoms with Crippen molar-refractivity contribution in [1.82, 2.24) is 0 Å². The van der Waals surface area contributed by atoms with Crippen LogP contribution in [0.25, 0.3) is 0 Å². The molecule has 1 aromatic heterocycles. The second-order valence-corrected chi connectivity index (χ2v) is 4.95. The van der Waals surface area contributed by atoms with Crippen LogP contribution >= 0.6 is 0 Å². The monoisotopic (exact) mass is 306 g/mol. The molecule has 0 atom stereocenters. The average Bonchev–Trinajstić information content (AvgIpc) is 3.11. The van der Waals surface area contributed by atoms with Gasteiger partial charge < -0.3 is 9.15 Å². The van der Waals surface area contributed by atoms with Crippen LogP contribution in [-0.4, -0.2) is 11.8 Å². The van der Waals surface area contributed by atoms with E-state index in [1.807, 2.05) is 30.3 Å². The van der Waals surface area contributed by atoms with Gasteiger partial charge in [-0.25, -0.2) is 4.79 Å². The predicted octanol–water partition coefficient (Wildman–Crippen LogP) is 3.92. The molecule has 0 unspecified atom stereocenters. The lowest BCUT2D eigenvalue weighted by Gasteiger charge is -2.08. The summed E-state index contributed by atoms with van der Waals surface area (Å²) in [6, 6.07) is 19.2. The Morgan fingerprint density at radius 2 is 1.61 bits per heavy atom. The molecular weight excluding hydrogens is 292 g/mol.